The van der Waals surface area contributed by atoms with E-state index >= 15 is 0 Å². The number of halogens is 3. The lowest BCUT2D eigenvalue weighted by Crippen LogP contribution is -2.50. The fourth-order valence-electron chi connectivity index (χ4n) is 1.95. The van der Waals surface area contributed by atoms with E-state index in [-0.39, 0.29) is 24.1 Å². The van der Waals surface area contributed by atoms with E-state index in [9.17, 15) is 13.6 Å². The van der Waals surface area contributed by atoms with E-state index in [1.807, 2.05) is 0 Å². The molecule has 1 saturated heterocycles. The molecule has 2 rings (SSSR count). The molecular weight excluding hydrogens is 290 g/mol. The Labute approximate surface area is 122 Å². The van der Waals surface area contributed by atoms with Crippen molar-refractivity contribution in [3.05, 3.63) is 29.8 Å². The summed E-state index contributed by atoms with van der Waals surface area (Å²) in [5.74, 6) is -1.92. The van der Waals surface area contributed by atoms with Gasteiger partial charge in [-0.3, -0.25) is 4.79 Å². The zero-order valence-corrected chi connectivity index (χ0v) is 11.9. The number of piperazine rings is 1. The molecule has 0 aromatic heterocycles. The summed E-state index contributed by atoms with van der Waals surface area (Å²) < 4.78 is 31.1. The first-order valence-corrected chi connectivity index (χ1v) is 6.19. The van der Waals surface area contributed by atoms with Crippen LogP contribution in [0.4, 0.5) is 8.78 Å². The van der Waals surface area contributed by atoms with Gasteiger partial charge < -0.3 is 15.0 Å². The molecule has 1 aromatic carbocycles. The average molecular weight is 307 g/mol. The predicted octanol–water partition coefficient (Wildman–Crippen LogP) is 1.59. The highest BCUT2D eigenvalue weighted by atomic mass is 35.5. The summed E-state index contributed by atoms with van der Waals surface area (Å²) in [6.45, 7) is 4.37. The first-order chi connectivity index (χ1) is 9.08. The number of ether oxygens (including phenoxy) is 1. The van der Waals surface area contributed by atoms with Crippen molar-refractivity contribution in [2.75, 3.05) is 26.2 Å². The molecule has 0 spiro atoms. The minimum absolute atomic E-state index is 0. The molecular formula is C13H17ClF2N2O2. The van der Waals surface area contributed by atoms with E-state index in [0.29, 0.717) is 13.1 Å². The summed E-state index contributed by atoms with van der Waals surface area (Å²) in [6, 6.07) is 3.23. The maximum atomic E-state index is 13.0. The second-order valence-electron chi connectivity index (χ2n) is 4.41. The number of carbonyl (C=O) groups excluding carboxylic acids is 1. The summed E-state index contributed by atoms with van der Waals surface area (Å²) in [7, 11) is 0. The highest BCUT2D eigenvalue weighted by Gasteiger charge is 2.23. The van der Waals surface area contributed by atoms with Gasteiger partial charge in [0.25, 0.3) is 5.91 Å². The van der Waals surface area contributed by atoms with Crippen LogP contribution < -0.4 is 10.1 Å². The Kier molecular flexibility index (Phi) is 6.16. The van der Waals surface area contributed by atoms with Gasteiger partial charge in [-0.25, -0.2) is 8.78 Å². The average Bonchev–Trinajstić information content (AvgIpc) is 2.43. The molecule has 1 fully saturated rings. The van der Waals surface area contributed by atoms with Gasteiger partial charge >= 0.3 is 0 Å². The second kappa shape index (κ2) is 7.40. The fraction of sp³-hybridized carbons (Fsp3) is 0.462. The molecule has 1 heterocycles. The van der Waals surface area contributed by atoms with Gasteiger partial charge in [-0.15, -0.1) is 12.4 Å². The number of nitrogens with one attached hydrogen (secondary N) is 1. The Hall–Kier alpha value is -1.40. The molecule has 112 valence electrons. The molecule has 1 atom stereocenters. The van der Waals surface area contributed by atoms with E-state index in [1.54, 1.807) is 11.8 Å². The van der Waals surface area contributed by atoms with Gasteiger partial charge in [-0.1, -0.05) is 0 Å². The van der Waals surface area contributed by atoms with Crippen molar-refractivity contribution in [1.82, 2.24) is 10.2 Å². The maximum Gasteiger partial charge on any atom is 0.263 e. The summed E-state index contributed by atoms with van der Waals surface area (Å²) >= 11 is 0. The molecule has 0 radical (unpaired) electrons. The number of benzene rings is 1. The Morgan fingerprint density at radius 3 is 2.55 bits per heavy atom. The lowest BCUT2D eigenvalue weighted by molar-refractivity contribution is -0.138. The van der Waals surface area contributed by atoms with Crippen molar-refractivity contribution in [3.63, 3.8) is 0 Å². The van der Waals surface area contributed by atoms with Gasteiger partial charge in [-0.2, -0.15) is 0 Å². The van der Waals surface area contributed by atoms with Crippen molar-refractivity contribution in [3.8, 4) is 5.75 Å². The van der Waals surface area contributed by atoms with Crippen LogP contribution in [0.1, 0.15) is 6.92 Å². The van der Waals surface area contributed by atoms with Gasteiger partial charge in [0, 0.05) is 32.2 Å². The number of nitrogens with zero attached hydrogens (tertiary/aromatic N) is 1. The highest BCUT2D eigenvalue weighted by Crippen LogP contribution is 2.17. The fourth-order valence-corrected chi connectivity index (χ4v) is 1.95. The molecule has 1 unspecified atom stereocenters. The highest BCUT2D eigenvalue weighted by molar-refractivity contribution is 5.85. The molecule has 1 aliphatic heterocycles. The van der Waals surface area contributed by atoms with Crippen molar-refractivity contribution in [2.45, 2.75) is 13.0 Å². The van der Waals surface area contributed by atoms with Gasteiger partial charge in [0.1, 0.15) is 5.75 Å². The quantitative estimate of drug-likeness (QED) is 0.922. The van der Waals surface area contributed by atoms with Gasteiger partial charge in [0.05, 0.1) is 0 Å². The van der Waals surface area contributed by atoms with E-state index in [2.05, 4.69) is 5.32 Å². The van der Waals surface area contributed by atoms with Crippen LogP contribution in [0.15, 0.2) is 18.2 Å². The van der Waals surface area contributed by atoms with E-state index < -0.39 is 17.7 Å². The zero-order chi connectivity index (χ0) is 13.8. The predicted molar refractivity (Wildman–Crippen MR) is 73.1 cm³/mol. The Morgan fingerprint density at radius 1 is 1.30 bits per heavy atom. The van der Waals surface area contributed by atoms with Crippen LogP contribution in [0.2, 0.25) is 0 Å². The topological polar surface area (TPSA) is 41.6 Å². The van der Waals surface area contributed by atoms with E-state index in [0.717, 1.165) is 25.2 Å². The molecule has 1 amide bonds. The van der Waals surface area contributed by atoms with Crippen molar-refractivity contribution >= 4 is 18.3 Å². The number of hydrogen-bond donors (Lipinski definition) is 1. The Morgan fingerprint density at radius 2 is 1.95 bits per heavy atom. The van der Waals surface area contributed by atoms with E-state index in [4.69, 9.17) is 4.74 Å². The van der Waals surface area contributed by atoms with Crippen molar-refractivity contribution < 1.29 is 18.3 Å². The molecule has 0 saturated carbocycles. The van der Waals surface area contributed by atoms with Gasteiger partial charge in [0.2, 0.25) is 0 Å². The third-order valence-electron chi connectivity index (χ3n) is 2.98. The number of hydrogen-bond acceptors (Lipinski definition) is 3. The van der Waals surface area contributed by atoms with E-state index in [1.165, 1.54) is 6.07 Å². The smallest absolute Gasteiger partial charge is 0.263 e. The summed E-state index contributed by atoms with van der Waals surface area (Å²) in [5.41, 5.74) is 0. The van der Waals surface area contributed by atoms with Crippen molar-refractivity contribution in [2.24, 2.45) is 0 Å². The summed E-state index contributed by atoms with van der Waals surface area (Å²) in [4.78, 5) is 13.8. The normalized spacial score (nSPS) is 16.2. The third-order valence-corrected chi connectivity index (χ3v) is 2.98. The zero-order valence-electron chi connectivity index (χ0n) is 11.1. The number of carbonyl (C=O) groups is 1. The first kappa shape index (κ1) is 16.7. The van der Waals surface area contributed by atoms with Crippen molar-refractivity contribution in [1.29, 1.82) is 0 Å². The largest absolute Gasteiger partial charge is 0.481 e. The van der Waals surface area contributed by atoms with Crippen LogP contribution in [0.5, 0.6) is 5.75 Å². The lowest BCUT2D eigenvalue weighted by Gasteiger charge is -2.29. The molecule has 1 aliphatic rings. The minimum Gasteiger partial charge on any atom is -0.481 e. The minimum atomic E-state index is -0.987. The molecule has 20 heavy (non-hydrogen) atoms. The second-order valence-corrected chi connectivity index (χ2v) is 4.41. The monoisotopic (exact) mass is 306 g/mol. The standard InChI is InChI=1S/C13H16F2N2O2.ClH/c1-9(13(18)17-6-4-16-5-7-17)19-10-2-3-11(14)12(15)8-10;/h2-3,8-9,16H,4-7H2,1H3;1H. The van der Waals surface area contributed by atoms with Crippen LogP contribution in [-0.4, -0.2) is 43.1 Å². The third kappa shape index (κ3) is 4.05. The van der Waals surface area contributed by atoms with Crippen LogP contribution in [0.3, 0.4) is 0 Å². The van der Waals surface area contributed by atoms with Gasteiger partial charge in [-0.05, 0) is 19.1 Å². The Bertz CT molecular complexity index is 468. The molecule has 4 nitrogen and oxygen atoms in total. The summed E-state index contributed by atoms with van der Waals surface area (Å²) in [6.07, 6.45) is -0.719. The molecule has 0 aliphatic carbocycles. The SMILES string of the molecule is CC(Oc1ccc(F)c(F)c1)C(=O)N1CCNCC1.Cl. The first-order valence-electron chi connectivity index (χ1n) is 6.19. The van der Waals surface area contributed by atoms with Gasteiger partial charge in [0.15, 0.2) is 17.7 Å². The maximum absolute atomic E-state index is 13.0. The number of rotatable bonds is 3. The molecule has 7 heteroatoms. The molecule has 1 aromatic rings. The Balaban J connectivity index is 0.00000200. The van der Waals surface area contributed by atoms with Crippen LogP contribution >= 0.6 is 12.4 Å². The summed E-state index contributed by atoms with van der Waals surface area (Å²) in [5, 5.41) is 3.15. The van der Waals surface area contributed by atoms with Crippen LogP contribution in [-0.2, 0) is 4.79 Å². The van der Waals surface area contributed by atoms with Crippen LogP contribution in [0.25, 0.3) is 0 Å². The molecule has 0 bridgehead atoms. The number of amides is 1. The lowest BCUT2D eigenvalue weighted by atomic mass is 10.2. The van der Waals surface area contributed by atoms with Crippen LogP contribution in [0, 0.1) is 11.6 Å². The molecule has 1 N–H and O–H groups in total.